The van der Waals surface area contributed by atoms with Gasteiger partial charge in [-0.1, -0.05) is 0 Å². The molecule has 0 unspecified atom stereocenters. The minimum absolute atomic E-state index is 0.485. The third-order valence-corrected chi connectivity index (χ3v) is 3.13. The highest BCUT2D eigenvalue weighted by Crippen LogP contribution is 2.26. The summed E-state index contributed by atoms with van der Waals surface area (Å²) in [6.07, 6.45) is 2.35. The van der Waals surface area contributed by atoms with E-state index in [2.05, 4.69) is 20.6 Å². The zero-order valence-electron chi connectivity index (χ0n) is 13.5. The van der Waals surface area contributed by atoms with Gasteiger partial charge in [-0.3, -0.25) is 0 Å². The van der Waals surface area contributed by atoms with Crippen molar-refractivity contribution in [2.75, 3.05) is 43.2 Å². The van der Waals surface area contributed by atoms with Gasteiger partial charge in [0.15, 0.2) is 11.6 Å². The molecule has 7 heteroatoms. The molecular formula is C16H23N5O2. The third kappa shape index (κ3) is 5.00. The summed E-state index contributed by atoms with van der Waals surface area (Å²) in [6, 6.07) is 7.62. The van der Waals surface area contributed by atoms with E-state index in [0.29, 0.717) is 30.5 Å². The molecule has 0 saturated heterocycles. The quantitative estimate of drug-likeness (QED) is 0.612. The molecule has 7 nitrogen and oxygen atoms in total. The fourth-order valence-electron chi connectivity index (χ4n) is 2.00. The molecule has 1 heterocycles. The Balaban J connectivity index is 2.01. The summed E-state index contributed by atoms with van der Waals surface area (Å²) in [5, 5.41) is 6.37. The average Bonchev–Trinajstić information content (AvgIpc) is 2.57. The lowest BCUT2D eigenvalue weighted by Crippen LogP contribution is -2.10. The van der Waals surface area contributed by atoms with Crippen LogP contribution in [-0.2, 0) is 4.74 Å². The molecule has 0 atom stereocenters. The molecule has 4 N–H and O–H groups in total. The molecule has 0 radical (unpaired) electrons. The van der Waals surface area contributed by atoms with Crippen LogP contribution < -0.4 is 21.1 Å². The van der Waals surface area contributed by atoms with Crippen LogP contribution in [0.25, 0.3) is 0 Å². The molecule has 2 aromatic rings. The first kappa shape index (κ1) is 16.8. The van der Waals surface area contributed by atoms with E-state index in [4.69, 9.17) is 15.2 Å². The van der Waals surface area contributed by atoms with E-state index in [9.17, 15) is 0 Å². The van der Waals surface area contributed by atoms with Crippen molar-refractivity contribution in [3.8, 4) is 5.75 Å². The number of hydrogen-bond donors (Lipinski definition) is 3. The number of methoxy groups -OCH3 is 1. The van der Waals surface area contributed by atoms with E-state index >= 15 is 0 Å². The lowest BCUT2D eigenvalue weighted by molar-refractivity contribution is 0.198. The average molecular weight is 317 g/mol. The summed E-state index contributed by atoms with van der Waals surface area (Å²) in [7, 11) is 1.68. The number of rotatable bonds is 9. The molecule has 0 fully saturated rings. The van der Waals surface area contributed by atoms with Gasteiger partial charge in [-0.05, 0) is 37.6 Å². The maximum Gasteiger partial charge on any atom is 0.159 e. The Morgan fingerprint density at radius 3 is 2.57 bits per heavy atom. The Morgan fingerprint density at radius 1 is 1.13 bits per heavy atom. The van der Waals surface area contributed by atoms with Gasteiger partial charge in [0.25, 0.3) is 0 Å². The molecule has 124 valence electrons. The SMILES string of the molecule is CCOc1ccc(Nc2ncnc(NCCCOC)c2N)cc1. The van der Waals surface area contributed by atoms with Gasteiger partial charge in [0.1, 0.15) is 17.8 Å². The second-order valence-corrected chi connectivity index (χ2v) is 4.84. The molecule has 23 heavy (non-hydrogen) atoms. The fraction of sp³-hybridized carbons (Fsp3) is 0.375. The zero-order chi connectivity index (χ0) is 16.5. The summed E-state index contributed by atoms with van der Waals surface area (Å²) in [6.45, 7) is 4.02. The Morgan fingerprint density at radius 2 is 1.87 bits per heavy atom. The number of nitrogen functional groups attached to an aromatic ring is 1. The molecule has 2 rings (SSSR count). The van der Waals surface area contributed by atoms with Gasteiger partial charge >= 0.3 is 0 Å². The Hall–Kier alpha value is -2.54. The smallest absolute Gasteiger partial charge is 0.159 e. The second-order valence-electron chi connectivity index (χ2n) is 4.84. The number of nitrogens with zero attached hydrogens (tertiary/aromatic N) is 2. The lowest BCUT2D eigenvalue weighted by Gasteiger charge is -2.12. The number of aromatic nitrogens is 2. The van der Waals surface area contributed by atoms with Crippen LogP contribution in [0, 0.1) is 0 Å². The highest BCUT2D eigenvalue weighted by molar-refractivity contribution is 5.77. The van der Waals surface area contributed by atoms with Crippen LogP contribution in [0.1, 0.15) is 13.3 Å². The van der Waals surface area contributed by atoms with Gasteiger partial charge in [0.05, 0.1) is 6.61 Å². The van der Waals surface area contributed by atoms with Crippen molar-refractivity contribution in [1.29, 1.82) is 0 Å². The normalized spacial score (nSPS) is 10.3. The van der Waals surface area contributed by atoms with Crippen LogP contribution in [0.3, 0.4) is 0 Å². The Bertz CT molecular complexity index is 604. The number of benzene rings is 1. The highest BCUT2D eigenvalue weighted by Gasteiger charge is 2.08. The molecular weight excluding hydrogens is 294 g/mol. The summed E-state index contributed by atoms with van der Waals surface area (Å²) in [5.74, 6) is 2.01. The van der Waals surface area contributed by atoms with E-state index < -0.39 is 0 Å². The minimum atomic E-state index is 0.485. The number of nitrogens with one attached hydrogen (secondary N) is 2. The molecule has 0 aliphatic heterocycles. The van der Waals surface area contributed by atoms with E-state index in [-0.39, 0.29) is 0 Å². The van der Waals surface area contributed by atoms with Crippen molar-refractivity contribution in [2.24, 2.45) is 0 Å². The molecule has 1 aromatic heterocycles. The maximum absolute atomic E-state index is 6.12. The first-order valence-electron chi connectivity index (χ1n) is 7.57. The van der Waals surface area contributed by atoms with Crippen LogP contribution in [0.4, 0.5) is 23.0 Å². The van der Waals surface area contributed by atoms with E-state index in [1.807, 2.05) is 31.2 Å². The standard InChI is InChI=1S/C16H23N5O2/c1-3-23-13-7-5-12(6-8-13)21-16-14(17)15(19-11-20-16)18-9-4-10-22-2/h5-8,11H,3-4,9-10,17H2,1-2H3,(H2,18,19,20,21). The maximum atomic E-state index is 6.12. The van der Waals surface area contributed by atoms with E-state index in [0.717, 1.165) is 24.4 Å². The monoisotopic (exact) mass is 317 g/mol. The number of ether oxygens (including phenoxy) is 2. The largest absolute Gasteiger partial charge is 0.494 e. The molecule has 0 spiro atoms. The lowest BCUT2D eigenvalue weighted by atomic mass is 10.3. The summed E-state index contributed by atoms with van der Waals surface area (Å²) >= 11 is 0. The van der Waals surface area contributed by atoms with Gasteiger partial charge in [-0.25, -0.2) is 9.97 Å². The summed E-state index contributed by atoms with van der Waals surface area (Å²) < 4.78 is 10.4. The van der Waals surface area contributed by atoms with Gasteiger partial charge < -0.3 is 25.8 Å². The highest BCUT2D eigenvalue weighted by atomic mass is 16.5. The minimum Gasteiger partial charge on any atom is -0.494 e. The van der Waals surface area contributed by atoms with Crippen molar-refractivity contribution in [3.63, 3.8) is 0 Å². The zero-order valence-corrected chi connectivity index (χ0v) is 13.5. The van der Waals surface area contributed by atoms with Crippen LogP contribution in [0.15, 0.2) is 30.6 Å². The van der Waals surface area contributed by atoms with Crippen molar-refractivity contribution >= 4 is 23.0 Å². The van der Waals surface area contributed by atoms with Gasteiger partial charge in [-0.2, -0.15) is 0 Å². The van der Waals surface area contributed by atoms with E-state index in [1.165, 1.54) is 6.33 Å². The summed E-state index contributed by atoms with van der Waals surface area (Å²) in [4.78, 5) is 8.36. The van der Waals surface area contributed by atoms with Gasteiger partial charge in [0.2, 0.25) is 0 Å². The predicted octanol–water partition coefficient (Wildman–Crippen LogP) is 2.65. The van der Waals surface area contributed by atoms with Crippen molar-refractivity contribution in [2.45, 2.75) is 13.3 Å². The Kier molecular flexibility index (Phi) is 6.43. The van der Waals surface area contributed by atoms with Crippen LogP contribution in [0.2, 0.25) is 0 Å². The van der Waals surface area contributed by atoms with Crippen molar-refractivity contribution < 1.29 is 9.47 Å². The van der Waals surface area contributed by atoms with Crippen LogP contribution in [0.5, 0.6) is 5.75 Å². The molecule has 0 amide bonds. The predicted molar refractivity (Wildman–Crippen MR) is 92.3 cm³/mol. The second kappa shape index (κ2) is 8.79. The number of hydrogen-bond acceptors (Lipinski definition) is 7. The number of anilines is 4. The molecule has 1 aromatic carbocycles. The first-order valence-corrected chi connectivity index (χ1v) is 7.57. The van der Waals surface area contributed by atoms with Crippen LogP contribution in [-0.4, -0.2) is 36.8 Å². The van der Waals surface area contributed by atoms with Gasteiger partial charge in [0, 0.05) is 25.9 Å². The molecule has 0 bridgehead atoms. The van der Waals surface area contributed by atoms with Gasteiger partial charge in [-0.15, -0.1) is 0 Å². The first-order chi connectivity index (χ1) is 11.2. The van der Waals surface area contributed by atoms with E-state index in [1.54, 1.807) is 7.11 Å². The number of nitrogens with two attached hydrogens (primary N) is 1. The molecule has 0 saturated carbocycles. The third-order valence-electron chi connectivity index (χ3n) is 3.13. The Labute approximate surface area is 136 Å². The summed E-state index contributed by atoms with van der Waals surface area (Å²) in [5.41, 5.74) is 7.48. The van der Waals surface area contributed by atoms with Crippen LogP contribution >= 0.6 is 0 Å². The topological polar surface area (TPSA) is 94.3 Å². The van der Waals surface area contributed by atoms with Crippen molar-refractivity contribution in [1.82, 2.24) is 9.97 Å². The molecule has 0 aliphatic rings. The molecule has 0 aliphatic carbocycles. The van der Waals surface area contributed by atoms with Crippen molar-refractivity contribution in [3.05, 3.63) is 30.6 Å². The fourth-order valence-corrected chi connectivity index (χ4v) is 2.00.